The van der Waals surface area contributed by atoms with Gasteiger partial charge < -0.3 is 24.4 Å². The number of aromatic nitrogens is 3. The third kappa shape index (κ3) is 4.36. The van der Waals surface area contributed by atoms with E-state index in [1.807, 2.05) is 62.4 Å². The summed E-state index contributed by atoms with van der Waals surface area (Å²) >= 11 is 0. The Labute approximate surface area is 245 Å². The zero-order chi connectivity index (χ0) is 29.6. The van der Waals surface area contributed by atoms with Crippen molar-refractivity contribution in [2.24, 2.45) is 17.8 Å². The number of allylic oxidation sites excluding steroid dienone is 1. The summed E-state index contributed by atoms with van der Waals surface area (Å²) in [4.78, 5) is 46.1. The number of carbonyl (C=O) groups is 3. The Balaban J connectivity index is 1.47. The Kier molecular flexibility index (Phi) is 7.43. The molecule has 4 aliphatic rings. The van der Waals surface area contributed by atoms with Gasteiger partial charge in [0.05, 0.1) is 36.3 Å². The van der Waals surface area contributed by atoms with Gasteiger partial charge in [0.25, 0.3) is 5.91 Å². The van der Waals surface area contributed by atoms with Crippen LogP contribution in [0.2, 0.25) is 0 Å². The first kappa shape index (κ1) is 28.5. The number of amides is 2. The number of fused-ring (bicyclic) bond motifs is 3. The number of esters is 1. The van der Waals surface area contributed by atoms with Gasteiger partial charge in [-0.2, -0.15) is 0 Å². The van der Waals surface area contributed by atoms with E-state index in [4.69, 9.17) is 9.47 Å². The molecular weight excluding hydrogens is 538 g/mol. The highest BCUT2D eigenvalue weighted by Gasteiger charge is 2.75. The second kappa shape index (κ2) is 10.9. The molecule has 224 valence electrons. The molecule has 4 aliphatic heterocycles. The van der Waals surface area contributed by atoms with Gasteiger partial charge in [0.1, 0.15) is 29.7 Å². The molecule has 1 aromatic heterocycles. The summed E-state index contributed by atoms with van der Waals surface area (Å²) in [7, 11) is 0. The number of ether oxygens (including phenoxy) is 2. The van der Waals surface area contributed by atoms with Crippen molar-refractivity contribution in [3.63, 3.8) is 0 Å². The highest BCUT2D eigenvalue weighted by atomic mass is 16.6. The number of nitrogens with zero attached hydrogens (tertiary/aromatic N) is 5. The highest BCUT2D eigenvalue weighted by molar-refractivity contribution is 5.99. The van der Waals surface area contributed by atoms with Gasteiger partial charge in [-0.25, -0.2) is 4.68 Å². The molecule has 1 unspecified atom stereocenters. The predicted molar refractivity (Wildman–Crippen MR) is 152 cm³/mol. The molecule has 1 N–H and O–H groups in total. The van der Waals surface area contributed by atoms with Crippen molar-refractivity contribution in [3.05, 3.63) is 48.6 Å². The first-order chi connectivity index (χ1) is 20.3. The summed E-state index contributed by atoms with van der Waals surface area (Å²) in [6, 6.07) is 5.78. The average molecular weight is 578 g/mol. The molecule has 11 heteroatoms. The molecule has 2 saturated heterocycles. The maximum atomic E-state index is 14.7. The van der Waals surface area contributed by atoms with Crippen molar-refractivity contribution < 1.29 is 29.0 Å². The van der Waals surface area contributed by atoms with Crippen molar-refractivity contribution in [1.82, 2.24) is 24.8 Å². The summed E-state index contributed by atoms with van der Waals surface area (Å²) in [6.07, 6.45) is 10.6. The van der Waals surface area contributed by atoms with E-state index in [0.717, 1.165) is 24.8 Å². The molecule has 42 heavy (non-hydrogen) atoms. The summed E-state index contributed by atoms with van der Waals surface area (Å²) < 4.78 is 14.2. The first-order valence-corrected chi connectivity index (χ1v) is 15.0. The molecule has 0 radical (unpaired) electrons. The molecule has 2 aromatic rings. The van der Waals surface area contributed by atoms with Crippen LogP contribution in [0, 0.1) is 17.8 Å². The van der Waals surface area contributed by atoms with Crippen LogP contribution in [0.3, 0.4) is 0 Å². The molecule has 11 nitrogen and oxygen atoms in total. The van der Waals surface area contributed by atoms with Gasteiger partial charge in [0, 0.05) is 6.54 Å². The Morgan fingerprint density at radius 3 is 2.69 bits per heavy atom. The van der Waals surface area contributed by atoms with Gasteiger partial charge in [-0.3, -0.25) is 14.4 Å². The van der Waals surface area contributed by atoms with Gasteiger partial charge in [-0.05, 0) is 44.2 Å². The number of rotatable bonds is 6. The molecule has 0 bridgehead atoms. The van der Waals surface area contributed by atoms with E-state index in [0.29, 0.717) is 11.9 Å². The maximum absolute atomic E-state index is 14.7. The minimum absolute atomic E-state index is 0.107. The fourth-order valence-corrected chi connectivity index (χ4v) is 7.27. The molecule has 5 heterocycles. The molecule has 1 aromatic carbocycles. The quantitative estimate of drug-likeness (QED) is 0.410. The minimum atomic E-state index is -1.43. The Hall–Kier alpha value is -3.57. The van der Waals surface area contributed by atoms with E-state index < -0.39 is 41.1 Å². The number of cyclic esters (lactones) is 1. The lowest BCUT2D eigenvalue weighted by atomic mass is 9.74. The number of aliphatic hydroxyl groups excluding tert-OH is 1. The van der Waals surface area contributed by atoms with E-state index in [1.165, 1.54) is 4.90 Å². The number of hydrogen-bond acceptors (Lipinski definition) is 8. The van der Waals surface area contributed by atoms with Gasteiger partial charge >= 0.3 is 5.97 Å². The van der Waals surface area contributed by atoms with Gasteiger partial charge in [0.2, 0.25) is 5.91 Å². The summed E-state index contributed by atoms with van der Waals surface area (Å²) in [5, 5.41) is 19.1. The zero-order valence-corrected chi connectivity index (χ0v) is 24.4. The molecule has 0 saturated carbocycles. The average Bonchev–Trinajstić information content (AvgIpc) is 3.54. The molecule has 2 amide bonds. The fraction of sp³-hybridized carbons (Fsp3) is 0.581. The van der Waals surface area contributed by atoms with Crippen molar-refractivity contribution >= 4 is 28.8 Å². The number of para-hydroxylation sites is 1. The second-order valence-corrected chi connectivity index (χ2v) is 12.1. The lowest BCUT2D eigenvalue weighted by molar-refractivity contribution is -0.162. The van der Waals surface area contributed by atoms with Gasteiger partial charge in [-0.15, -0.1) is 5.10 Å². The van der Waals surface area contributed by atoms with E-state index >= 15 is 0 Å². The van der Waals surface area contributed by atoms with E-state index in [2.05, 4.69) is 10.3 Å². The highest BCUT2D eigenvalue weighted by Crippen LogP contribution is 2.57. The van der Waals surface area contributed by atoms with Crippen molar-refractivity contribution in [2.75, 3.05) is 19.8 Å². The molecule has 6 rings (SSSR count). The van der Waals surface area contributed by atoms with E-state index in [9.17, 15) is 19.5 Å². The molecular formula is C31H39N5O6. The van der Waals surface area contributed by atoms with E-state index in [-0.39, 0.29) is 44.2 Å². The van der Waals surface area contributed by atoms with Crippen LogP contribution in [-0.2, 0) is 30.5 Å². The standard InChI is InChI=1S/C31H39N5O6/c1-4-20(2)23(18-37)36-26-28(39)34(19-35-22-13-8-7-12-21(22)32-33-35)16-11-15-31(26)24(27(36)38)25-29(40)41-17-10-6-5-9-14-30(25,3)42-31/h7-9,11-15,20,23-26,37H,4-6,10,16-19H2,1-3H3/b14-9-/t20-,23-,24-,25+,26?,30-,31-/m0/s1. The molecule has 2 fully saturated rings. The SMILES string of the molecule is CC[C@H](C)[C@H](CO)N1C(=O)[C@@H]2[C@@H]3C(=O)OCCCC/C=C\[C@]3(C)O[C@@]23C=CCN(Cn2nnc4ccccc42)C(=O)C13. The van der Waals surface area contributed by atoms with Gasteiger partial charge in [0.15, 0.2) is 0 Å². The van der Waals surface area contributed by atoms with Crippen LogP contribution < -0.4 is 0 Å². The number of likely N-dealkylation sites (tertiary alicyclic amines) is 1. The smallest absolute Gasteiger partial charge is 0.313 e. The largest absolute Gasteiger partial charge is 0.465 e. The normalized spacial score (nSPS) is 33.5. The topological polar surface area (TPSA) is 127 Å². The van der Waals surface area contributed by atoms with Crippen LogP contribution >= 0.6 is 0 Å². The molecule has 1 spiro atoms. The Morgan fingerprint density at radius 1 is 1.10 bits per heavy atom. The number of carbonyl (C=O) groups excluding carboxylic acids is 3. The zero-order valence-electron chi connectivity index (χ0n) is 24.4. The van der Waals surface area contributed by atoms with E-state index in [1.54, 1.807) is 16.5 Å². The monoisotopic (exact) mass is 577 g/mol. The van der Waals surface area contributed by atoms with Crippen molar-refractivity contribution in [2.45, 2.75) is 76.4 Å². The van der Waals surface area contributed by atoms with Crippen LogP contribution in [0.5, 0.6) is 0 Å². The maximum Gasteiger partial charge on any atom is 0.313 e. The van der Waals surface area contributed by atoms with Crippen molar-refractivity contribution in [3.8, 4) is 0 Å². The minimum Gasteiger partial charge on any atom is -0.465 e. The Morgan fingerprint density at radius 2 is 1.90 bits per heavy atom. The lowest BCUT2D eigenvalue weighted by Gasteiger charge is -2.41. The molecule has 0 aliphatic carbocycles. The second-order valence-electron chi connectivity index (χ2n) is 12.1. The van der Waals surface area contributed by atoms with Crippen LogP contribution in [-0.4, -0.2) is 90.7 Å². The predicted octanol–water partition coefficient (Wildman–Crippen LogP) is 2.45. The van der Waals surface area contributed by atoms with Crippen LogP contribution in [0.1, 0.15) is 46.5 Å². The summed E-state index contributed by atoms with van der Waals surface area (Å²) in [6.45, 7) is 6.05. The first-order valence-electron chi connectivity index (χ1n) is 15.0. The van der Waals surface area contributed by atoms with Crippen LogP contribution in [0.4, 0.5) is 0 Å². The van der Waals surface area contributed by atoms with Gasteiger partial charge in [-0.1, -0.05) is 61.9 Å². The Bertz CT molecular complexity index is 1440. The third-order valence-corrected chi connectivity index (χ3v) is 9.59. The number of aliphatic hydroxyl groups is 1. The number of benzene rings is 1. The summed E-state index contributed by atoms with van der Waals surface area (Å²) in [5.41, 5.74) is -1.10. The van der Waals surface area contributed by atoms with Crippen LogP contribution in [0.25, 0.3) is 11.0 Å². The van der Waals surface area contributed by atoms with Crippen LogP contribution in [0.15, 0.2) is 48.6 Å². The number of hydrogen-bond donors (Lipinski definition) is 1. The fourth-order valence-electron chi connectivity index (χ4n) is 7.27. The third-order valence-electron chi connectivity index (χ3n) is 9.59. The van der Waals surface area contributed by atoms with Crippen molar-refractivity contribution in [1.29, 1.82) is 0 Å². The molecule has 7 atom stereocenters. The lowest BCUT2D eigenvalue weighted by Crippen LogP contribution is -2.60. The summed E-state index contributed by atoms with van der Waals surface area (Å²) in [5.74, 6) is -3.26.